The van der Waals surface area contributed by atoms with E-state index in [1.807, 2.05) is 36.4 Å². The molecule has 4 aromatic carbocycles. The Morgan fingerprint density at radius 1 is 0.735 bits per heavy atom. The summed E-state index contributed by atoms with van der Waals surface area (Å²) in [5.74, 6) is -0.511. The van der Waals surface area contributed by atoms with E-state index in [0.29, 0.717) is 15.7 Å². The van der Waals surface area contributed by atoms with Crippen LogP contribution >= 0.6 is 35.8 Å². The van der Waals surface area contributed by atoms with Crippen LogP contribution in [0.15, 0.2) is 113 Å². The minimum absolute atomic E-state index is 0.0163. The van der Waals surface area contributed by atoms with E-state index in [1.165, 1.54) is 42.5 Å². The van der Waals surface area contributed by atoms with Crippen molar-refractivity contribution in [2.24, 2.45) is 0 Å². The second-order valence-electron chi connectivity index (χ2n) is 6.91. The third kappa shape index (κ3) is 7.53. The molecule has 0 aliphatic heterocycles. The molecule has 34 heavy (non-hydrogen) atoms. The maximum Gasteiger partial charge on any atom is 0.261 e. The van der Waals surface area contributed by atoms with Gasteiger partial charge in [-0.3, -0.25) is 9.52 Å². The van der Waals surface area contributed by atoms with Crippen molar-refractivity contribution in [2.75, 3.05) is 10.0 Å². The average molecular weight is 531 g/mol. The Balaban J connectivity index is 0.000000469. The Morgan fingerprint density at radius 2 is 1.26 bits per heavy atom. The van der Waals surface area contributed by atoms with Gasteiger partial charge < -0.3 is 5.32 Å². The van der Waals surface area contributed by atoms with Crippen LogP contribution in [0.25, 0.3) is 0 Å². The molecular formula is C25H20Cl2N2O3S2. The summed E-state index contributed by atoms with van der Waals surface area (Å²) in [6, 6.07) is 28.8. The molecule has 9 heteroatoms. The minimum atomic E-state index is -3.92. The van der Waals surface area contributed by atoms with Crippen LogP contribution in [0.4, 0.5) is 11.4 Å². The highest BCUT2D eigenvalue weighted by Crippen LogP contribution is 2.25. The predicted octanol–water partition coefficient (Wildman–Crippen LogP) is 7.02. The van der Waals surface area contributed by atoms with E-state index in [0.717, 1.165) is 4.90 Å². The number of anilines is 2. The second kappa shape index (κ2) is 11.9. The SMILES string of the molecule is O=C(Nc1ccc(S)cc1)c1cc(Cl)ccc1NS(=O)(=O)c1ccc(Cl)cc1.c1ccccc1. The van der Waals surface area contributed by atoms with Gasteiger partial charge in [0.05, 0.1) is 16.1 Å². The van der Waals surface area contributed by atoms with E-state index >= 15 is 0 Å². The number of hydrogen-bond donors (Lipinski definition) is 3. The first-order valence-corrected chi connectivity index (χ1v) is 12.6. The standard InChI is InChI=1S/C19H14Cl2N2O3S2.C6H6/c20-12-1-8-16(9-2-12)28(25,26)23-18-10-3-13(21)11-17(18)19(24)22-14-4-6-15(27)7-5-14;1-2-4-6-5-3-1/h1-11,23,27H,(H,22,24);1-6H. The van der Waals surface area contributed by atoms with Crippen molar-refractivity contribution in [3.8, 4) is 0 Å². The quantitative estimate of drug-likeness (QED) is 0.242. The molecule has 5 nitrogen and oxygen atoms in total. The minimum Gasteiger partial charge on any atom is -0.322 e. The van der Waals surface area contributed by atoms with Gasteiger partial charge in [0, 0.05) is 20.6 Å². The van der Waals surface area contributed by atoms with Gasteiger partial charge in [-0.2, -0.15) is 0 Å². The van der Waals surface area contributed by atoms with Gasteiger partial charge in [-0.15, -0.1) is 12.6 Å². The maximum atomic E-state index is 12.7. The van der Waals surface area contributed by atoms with Gasteiger partial charge in [0.2, 0.25) is 0 Å². The van der Waals surface area contributed by atoms with Crippen molar-refractivity contribution < 1.29 is 13.2 Å². The summed E-state index contributed by atoms with van der Waals surface area (Å²) in [6.07, 6.45) is 0. The molecule has 4 aromatic rings. The van der Waals surface area contributed by atoms with Crippen LogP contribution in [0, 0.1) is 0 Å². The molecule has 0 atom stereocenters. The molecule has 0 spiro atoms. The lowest BCUT2D eigenvalue weighted by molar-refractivity contribution is 0.102. The zero-order valence-electron chi connectivity index (χ0n) is 17.7. The number of rotatable bonds is 5. The first-order chi connectivity index (χ1) is 16.2. The number of hydrogen-bond acceptors (Lipinski definition) is 4. The summed E-state index contributed by atoms with van der Waals surface area (Å²) >= 11 is 16.0. The molecule has 0 saturated carbocycles. The van der Waals surface area contributed by atoms with Gasteiger partial charge in [0.1, 0.15) is 0 Å². The highest BCUT2D eigenvalue weighted by molar-refractivity contribution is 7.92. The fourth-order valence-corrected chi connectivity index (χ4v) is 4.27. The van der Waals surface area contributed by atoms with Gasteiger partial charge in [-0.1, -0.05) is 59.6 Å². The van der Waals surface area contributed by atoms with E-state index in [-0.39, 0.29) is 16.1 Å². The van der Waals surface area contributed by atoms with Gasteiger partial charge in [0.15, 0.2) is 0 Å². The molecule has 2 N–H and O–H groups in total. The van der Waals surface area contributed by atoms with Crippen LogP contribution in [0.5, 0.6) is 0 Å². The van der Waals surface area contributed by atoms with Crippen LogP contribution < -0.4 is 10.0 Å². The first-order valence-electron chi connectivity index (χ1n) is 9.93. The molecule has 0 fully saturated rings. The number of benzene rings is 4. The molecule has 0 aliphatic rings. The van der Waals surface area contributed by atoms with Crippen molar-refractivity contribution in [1.29, 1.82) is 0 Å². The van der Waals surface area contributed by atoms with Crippen LogP contribution in [-0.2, 0) is 10.0 Å². The van der Waals surface area contributed by atoms with Crippen molar-refractivity contribution in [3.05, 3.63) is 119 Å². The van der Waals surface area contributed by atoms with Gasteiger partial charge >= 0.3 is 0 Å². The van der Waals surface area contributed by atoms with E-state index in [1.54, 1.807) is 24.3 Å². The number of thiol groups is 1. The molecule has 1 amide bonds. The summed E-state index contributed by atoms with van der Waals surface area (Å²) < 4.78 is 27.7. The highest BCUT2D eigenvalue weighted by atomic mass is 35.5. The molecule has 0 unspecified atom stereocenters. The Kier molecular flexibility index (Phi) is 9.01. The lowest BCUT2D eigenvalue weighted by Gasteiger charge is -2.13. The van der Waals surface area contributed by atoms with E-state index in [9.17, 15) is 13.2 Å². The number of carbonyl (C=O) groups is 1. The van der Waals surface area contributed by atoms with E-state index in [4.69, 9.17) is 23.2 Å². The number of nitrogens with one attached hydrogen (secondary N) is 2. The Labute approximate surface area is 214 Å². The van der Waals surface area contributed by atoms with Gasteiger partial charge in [-0.25, -0.2) is 8.42 Å². The van der Waals surface area contributed by atoms with Crippen molar-refractivity contribution in [3.63, 3.8) is 0 Å². The fraction of sp³-hybridized carbons (Fsp3) is 0. The Bertz CT molecular complexity index is 1320. The zero-order chi connectivity index (χ0) is 24.6. The highest BCUT2D eigenvalue weighted by Gasteiger charge is 2.19. The molecule has 174 valence electrons. The van der Waals surface area contributed by atoms with Crippen LogP contribution in [0.3, 0.4) is 0 Å². The molecular weight excluding hydrogens is 511 g/mol. The summed E-state index contributed by atoms with van der Waals surface area (Å²) in [6.45, 7) is 0. The van der Waals surface area contributed by atoms with Crippen LogP contribution in [0.1, 0.15) is 10.4 Å². The zero-order valence-corrected chi connectivity index (χ0v) is 20.9. The molecule has 0 radical (unpaired) electrons. The average Bonchev–Trinajstić information content (AvgIpc) is 2.83. The molecule has 0 aromatic heterocycles. The smallest absolute Gasteiger partial charge is 0.261 e. The lowest BCUT2D eigenvalue weighted by atomic mass is 10.1. The normalized spacial score (nSPS) is 10.6. The predicted molar refractivity (Wildman–Crippen MR) is 142 cm³/mol. The maximum absolute atomic E-state index is 12.7. The summed E-state index contributed by atoms with van der Waals surface area (Å²) in [7, 11) is -3.92. The molecule has 0 aliphatic carbocycles. The third-order valence-electron chi connectivity index (χ3n) is 4.39. The summed E-state index contributed by atoms with van der Waals surface area (Å²) in [4.78, 5) is 13.5. The molecule has 4 rings (SSSR count). The Hall–Kier alpha value is -2.97. The number of sulfonamides is 1. The van der Waals surface area contributed by atoms with Crippen molar-refractivity contribution in [1.82, 2.24) is 0 Å². The van der Waals surface area contributed by atoms with Gasteiger partial charge in [-0.05, 0) is 66.7 Å². The molecule has 0 saturated heterocycles. The fourth-order valence-electron chi connectivity index (χ4n) is 2.74. The summed E-state index contributed by atoms with van der Waals surface area (Å²) in [5, 5.41) is 3.41. The third-order valence-corrected chi connectivity index (χ3v) is 6.55. The number of amides is 1. The largest absolute Gasteiger partial charge is 0.322 e. The van der Waals surface area contributed by atoms with Crippen molar-refractivity contribution >= 4 is 63.1 Å². The van der Waals surface area contributed by atoms with Crippen LogP contribution in [-0.4, -0.2) is 14.3 Å². The first kappa shape index (κ1) is 25.6. The van der Waals surface area contributed by atoms with Crippen molar-refractivity contribution in [2.45, 2.75) is 9.79 Å². The van der Waals surface area contributed by atoms with Gasteiger partial charge in [0.25, 0.3) is 15.9 Å². The topological polar surface area (TPSA) is 75.3 Å². The summed E-state index contributed by atoms with van der Waals surface area (Å²) in [5.41, 5.74) is 0.719. The second-order valence-corrected chi connectivity index (χ2v) is 9.98. The molecule has 0 heterocycles. The van der Waals surface area contributed by atoms with E-state index in [2.05, 4.69) is 22.7 Å². The Morgan fingerprint density at radius 3 is 1.82 bits per heavy atom. The van der Waals surface area contributed by atoms with Crippen LogP contribution in [0.2, 0.25) is 10.0 Å². The number of halogens is 2. The number of carbonyl (C=O) groups excluding carboxylic acids is 1. The monoisotopic (exact) mass is 530 g/mol. The van der Waals surface area contributed by atoms with E-state index < -0.39 is 15.9 Å². The lowest BCUT2D eigenvalue weighted by Crippen LogP contribution is -2.18. The molecule has 0 bridgehead atoms.